The van der Waals surface area contributed by atoms with Gasteiger partial charge < -0.3 is 10.1 Å². The van der Waals surface area contributed by atoms with Gasteiger partial charge in [0.1, 0.15) is 11.8 Å². The Morgan fingerprint density at radius 1 is 1.26 bits per heavy atom. The van der Waals surface area contributed by atoms with Crippen molar-refractivity contribution >= 4 is 17.1 Å². The molecule has 4 aromatic rings. The topological polar surface area (TPSA) is 81.4 Å². The number of rotatable bonds is 4. The molecule has 4 rings (SSSR count). The Hall–Kier alpha value is -3.81. The molecule has 134 valence electrons. The molecule has 0 aliphatic heterocycles. The maximum Gasteiger partial charge on any atom is 0.257 e. The lowest BCUT2D eigenvalue weighted by Gasteiger charge is -2.10. The molecule has 0 bridgehead atoms. The number of nitrogens with zero attached hydrogens (tertiary/aromatic N) is 4. The number of fused-ring (bicyclic) bond motifs is 1. The molecule has 27 heavy (non-hydrogen) atoms. The van der Waals surface area contributed by atoms with Gasteiger partial charge in [0.15, 0.2) is 11.6 Å². The minimum atomic E-state index is -0.625. The summed E-state index contributed by atoms with van der Waals surface area (Å²) < 4.78 is 21.7. The summed E-state index contributed by atoms with van der Waals surface area (Å²) in [7, 11) is 0. The molecule has 0 saturated heterocycles. The van der Waals surface area contributed by atoms with Crippen LogP contribution in [0.3, 0.4) is 0 Å². The summed E-state index contributed by atoms with van der Waals surface area (Å²) in [6, 6.07) is 9.31. The van der Waals surface area contributed by atoms with E-state index >= 15 is 0 Å². The molecule has 1 amide bonds. The van der Waals surface area contributed by atoms with E-state index in [0.717, 1.165) is 5.56 Å². The molecule has 0 aliphatic carbocycles. The van der Waals surface area contributed by atoms with Crippen LogP contribution in [0.4, 0.5) is 10.1 Å². The number of anilines is 1. The van der Waals surface area contributed by atoms with E-state index < -0.39 is 5.82 Å². The van der Waals surface area contributed by atoms with E-state index in [-0.39, 0.29) is 17.5 Å². The van der Waals surface area contributed by atoms with Crippen molar-refractivity contribution in [2.24, 2.45) is 0 Å². The van der Waals surface area contributed by atoms with Crippen molar-refractivity contribution in [3.63, 3.8) is 0 Å². The van der Waals surface area contributed by atoms with E-state index in [0.29, 0.717) is 16.8 Å². The van der Waals surface area contributed by atoms with Crippen LogP contribution < -0.4 is 10.1 Å². The second-order valence-electron chi connectivity index (χ2n) is 5.80. The number of aromatic nitrogens is 4. The Labute approximate surface area is 153 Å². The van der Waals surface area contributed by atoms with Crippen molar-refractivity contribution in [1.29, 1.82) is 0 Å². The molecule has 0 fully saturated rings. The molecule has 3 aromatic heterocycles. The van der Waals surface area contributed by atoms with Gasteiger partial charge >= 0.3 is 0 Å². The SMILES string of the molecule is Cc1ccn2ncnc(Oc3ccc(NC(=O)c4cccnc4)cc3F)c12. The summed E-state index contributed by atoms with van der Waals surface area (Å²) in [5, 5.41) is 6.70. The highest BCUT2D eigenvalue weighted by atomic mass is 19.1. The van der Waals surface area contributed by atoms with Gasteiger partial charge in [0.25, 0.3) is 5.91 Å². The maximum atomic E-state index is 14.5. The molecule has 0 spiro atoms. The predicted octanol–water partition coefficient (Wildman–Crippen LogP) is 3.62. The lowest BCUT2D eigenvalue weighted by molar-refractivity contribution is 0.102. The zero-order valence-corrected chi connectivity index (χ0v) is 14.3. The van der Waals surface area contributed by atoms with Crippen LogP contribution in [-0.2, 0) is 0 Å². The lowest BCUT2D eigenvalue weighted by atomic mass is 10.2. The van der Waals surface area contributed by atoms with Crippen molar-refractivity contribution in [2.45, 2.75) is 6.92 Å². The molecule has 1 aromatic carbocycles. The smallest absolute Gasteiger partial charge is 0.257 e. The Morgan fingerprint density at radius 3 is 2.93 bits per heavy atom. The van der Waals surface area contributed by atoms with Crippen LogP contribution in [0.25, 0.3) is 5.52 Å². The van der Waals surface area contributed by atoms with Crippen LogP contribution in [0.1, 0.15) is 15.9 Å². The second kappa shape index (κ2) is 6.83. The van der Waals surface area contributed by atoms with Crippen molar-refractivity contribution in [1.82, 2.24) is 19.6 Å². The van der Waals surface area contributed by atoms with Gasteiger partial charge in [-0.1, -0.05) is 0 Å². The number of carbonyl (C=O) groups is 1. The number of benzene rings is 1. The number of aryl methyl sites for hydroxylation is 1. The summed E-state index contributed by atoms with van der Waals surface area (Å²) >= 11 is 0. The first kappa shape index (κ1) is 16.6. The molecule has 0 aliphatic rings. The molecule has 0 radical (unpaired) electrons. The number of nitrogens with one attached hydrogen (secondary N) is 1. The molecule has 0 unspecified atom stereocenters. The van der Waals surface area contributed by atoms with Crippen LogP contribution in [0.5, 0.6) is 11.6 Å². The van der Waals surface area contributed by atoms with Gasteiger partial charge in [-0.05, 0) is 42.8 Å². The first-order chi connectivity index (χ1) is 13.1. The number of ether oxygens (including phenoxy) is 1. The lowest BCUT2D eigenvalue weighted by Crippen LogP contribution is -2.12. The zero-order chi connectivity index (χ0) is 18.8. The number of hydrogen-bond acceptors (Lipinski definition) is 5. The number of amides is 1. The Kier molecular flexibility index (Phi) is 4.21. The van der Waals surface area contributed by atoms with Gasteiger partial charge in [-0.15, -0.1) is 0 Å². The van der Waals surface area contributed by atoms with Gasteiger partial charge in [0.05, 0.1) is 5.56 Å². The van der Waals surface area contributed by atoms with Gasteiger partial charge in [-0.25, -0.2) is 8.91 Å². The second-order valence-corrected chi connectivity index (χ2v) is 5.80. The van der Waals surface area contributed by atoms with Crippen molar-refractivity contribution in [3.05, 3.63) is 78.3 Å². The van der Waals surface area contributed by atoms with E-state index in [9.17, 15) is 9.18 Å². The molecular weight excluding hydrogens is 349 g/mol. The Bertz CT molecular complexity index is 1130. The first-order valence-electron chi connectivity index (χ1n) is 8.09. The highest BCUT2D eigenvalue weighted by Gasteiger charge is 2.13. The highest BCUT2D eigenvalue weighted by Crippen LogP contribution is 2.29. The third-order valence-electron chi connectivity index (χ3n) is 3.94. The van der Waals surface area contributed by atoms with Crippen LogP contribution in [0, 0.1) is 12.7 Å². The van der Waals surface area contributed by atoms with E-state index in [1.54, 1.807) is 35.1 Å². The summed E-state index contributed by atoms with van der Waals surface area (Å²) in [5.41, 5.74) is 2.25. The average Bonchev–Trinajstić information content (AvgIpc) is 3.07. The number of pyridine rings is 1. The summed E-state index contributed by atoms with van der Waals surface area (Å²) in [5.74, 6) is -0.758. The fraction of sp³-hybridized carbons (Fsp3) is 0.0526. The maximum absolute atomic E-state index is 14.5. The van der Waals surface area contributed by atoms with Gasteiger partial charge in [0.2, 0.25) is 5.88 Å². The summed E-state index contributed by atoms with van der Waals surface area (Å²) in [6.07, 6.45) is 6.11. The van der Waals surface area contributed by atoms with Crippen molar-refractivity contribution in [3.8, 4) is 11.6 Å². The minimum Gasteiger partial charge on any atom is -0.434 e. The first-order valence-corrected chi connectivity index (χ1v) is 8.09. The van der Waals surface area contributed by atoms with Gasteiger partial charge in [0, 0.05) is 30.3 Å². The number of halogens is 1. The number of carbonyl (C=O) groups excluding carboxylic acids is 1. The normalized spacial score (nSPS) is 10.7. The fourth-order valence-electron chi connectivity index (χ4n) is 2.62. The molecule has 1 N–H and O–H groups in total. The Balaban J connectivity index is 1.57. The Morgan fingerprint density at radius 2 is 2.15 bits per heavy atom. The number of hydrogen-bond donors (Lipinski definition) is 1. The van der Waals surface area contributed by atoms with Gasteiger partial charge in [-0.2, -0.15) is 10.1 Å². The largest absolute Gasteiger partial charge is 0.434 e. The van der Waals surface area contributed by atoms with Crippen molar-refractivity contribution in [2.75, 3.05) is 5.32 Å². The van der Waals surface area contributed by atoms with E-state index in [2.05, 4.69) is 20.4 Å². The van der Waals surface area contributed by atoms with Crippen LogP contribution in [0.15, 0.2) is 61.3 Å². The van der Waals surface area contributed by atoms with Crippen LogP contribution >= 0.6 is 0 Å². The monoisotopic (exact) mass is 363 g/mol. The quantitative estimate of drug-likeness (QED) is 0.599. The van der Waals surface area contributed by atoms with Crippen molar-refractivity contribution < 1.29 is 13.9 Å². The van der Waals surface area contributed by atoms with E-state index in [1.807, 2.05) is 13.0 Å². The van der Waals surface area contributed by atoms with Crippen LogP contribution in [-0.4, -0.2) is 25.5 Å². The predicted molar refractivity (Wildman–Crippen MR) is 96.4 cm³/mol. The zero-order valence-electron chi connectivity index (χ0n) is 14.3. The average molecular weight is 363 g/mol. The fourth-order valence-corrected chi connectivity index (χ4v) is 2.62. The molecular formula is C19H14FN5O2. The standard InChI is InChI=1S/C19H14FN5O2/c1-12-6-8-25-17(12)19(22-11-23-25)27-16-5-4-14(9-15(16)20)24-18(26)13-3-2-7-21-10-13/h2-11H,1H3,(H,24,26). The molecule has 0 atom stereocenters. The minimum absolute atomic E-state index is 0.00410. The van der Waals surface area contributed by atoms with Gasteiger partial charge in [-0.3, -0.25) is 9.78 Å². The molecule has 7 nitrogen and oxygen atoms in total. The highest BCUT2D eigenvalue weighted by molar-refractivity contribution is 6.04. The third kappa shape index (κ3) is 3.32. The molecule has 8 heteroatoms. The molecule has 0 saturated carbocycles. The van der Waals surface area contributed by atoms with E-state index in [4.69, 9.17) is 4.74 Å². The van der Waals surface area contributed by atoms with Crippen LogP contribution in [0.2, 0.25) is 0 Å². The summed E-state index contributed by atoms with van der Waals surface area (Å²) in [4.78, 5) is 20.1. The van der Waals surface area contributed by atoms with E-state index in [1.165, 1.54) is 24.7 Å². The third-order valence-corrected chi connectivity index (χ3v) is 3.94. The summed E-state index contributed by atoms with van der Waals surface area (Å²) in [6.45, 7) is 1.89. The molecule has 3 heterocycles.